The first-order chi connectivity index (χ1) is 9.58. The summed E-state index contributed by atoms with van der Waals surface area (Å²) in [7, 11) is -2.34. The molecule has 21 heavy (non-hydrogen) atoms. The van der Waals surface area contributed by atoms with Gasteiger partial charge in [0.25, 0.3) is 0 Å². The van der Waals surface area contributed by atoms with Crippen molar-refractivity contribution in [2.75, 3.05) is 13.7 Å². The molecule has 0 heterocycles. The van der Waals surface area contributed by atoms with Crippen LogP contribution in [0.2, 0.25) is 5.02 Å². The lowest BCUT2D eigenvalue weighted by Crippen LogP contribution is -2.32. The van der Waals surface area contributed by atoms with Crippen molar-refractivity contribution in [3.8, 4) is 5.75 Å². The molecule has 0 aliphatic heterocycles. The molecular formula is C14H22ClNO4S. The summed E-state index contributed by atoms with van der Waals surface area (Å²) in [5, 5.41) is 10.2. The zero-order chi connectivity index (χ0) is 16.3. The number of methoxy groups -OCH3 is 1. The van der Waals surface area contributed by atoms with E-state index in [1.54, 1.807) is 6.07 Å². The number of rotatable bonds is 6. The van der Waals surface area contributed by atoms with Gasteiger partial charge in [-0.1, -0.05) is 32.4 Å². The highest BCUT2D eigenvalue weighted by atomic mass is 35.5. The smallest absolute Gasteiger partial charge is 0.244 e. The zero-order valence-electron chi connectivity index (χ0n) is 12.7. The van der Waals surface area contributed by atoms with Crippen LogP contribution in [-0.4, -0.2) is 33.3 Å². The van der Waals surface area contributed by atoms with E-state index in [-0.39, 0.29) is 22.6 Å². The molecule has 1 aromatic carbocycles. The zero-order valence-corrected chi connectivity index (χ0v) is 14.3. The number of benzene rings is 1. The Labute approximate surface area is 131 Å². The largest absolute Gasteiger partial charge is 0.495 e. The third-order valence-electron chi connectivity index (χ3n) is 3.12. The molecule has 0 aliphatic rings. The Balaban J connectivity index is 2.81. The standard InChI is InChI=1S/C14H22ClNO4S/c1-14(2,3)13(17)7-8-16-21(18,19)12-9-10(15)5-6-11(12)20-4/h5-6,9,13,16-17H,7-8H2,1-4H3. The second-order valence-electron chi connectivity index (χ2n) is 5.86. The summed E-state index contributed by atoms with van der Waals surface area (Å²) in [6.45, 7) is 5.82. The molecule has 0 amide bonds. The average molecular weight is 336 g/mol. The lowest BCUT2D eigenvalue weighted by molar-refractivity contribution is 0.0571. The molecule has 120 valence electrons. The Morgan fingerprint density at radius 2 is 2.00 bits per heavy atom. The molecule has 0 bridgehead atoms. The lowest BCUT2D eigenvalue weighted by atomic mass is 9.87. The van der Waals surface area contributed by atoms with Gasteiger partial charge in [0.2, 0.25) is 10.0 Å². The summed E-state index contributed by atoms with van der Waals surface area (Å²) in [6.07, 6.45) is -0.271. The van der Waals surface area contributed by atoms with Crippen molar-refractivity contribution in [1.29, 1.82) is 0 Å². The molecule has 0 radical (unpaired) electrons. The predicted octanol–water partition coefficient (Wildman–Crippen LogP) is 2.42. The Morgan fingerprint density at radius 3 is 2.52 bits per heavy atom. The van der Waals surface area contributed by atoms with Gasteiger partial charge in [0.05, 0.1) is 13.2 Å². The van der Waals surface area contributed by atoms with Crippen LogP contribution in [0.25, 0.3) is 0 Å². The van der Waals surface area contributed by atoms with Crippen molar-refractivity contribution in [3.63, 3.8) is 0 Å². The second-order valence-corrected chi connectivity index (χ2v) is 8.04. The van der Waals surface area contributed by atoms with Crippen molar-refractivity contribution in [2.24, 2.45) is 5.41 Å². The Bertz CT molecular complexity index is 581. The first-order valence-electron chi connectivity index (χ1n) is 6.59. The van der Waals surface area contributed by atoms with Gasteiger partial charge in [0.1, 0.15) is 10.6 Å². The van der Waals surface area contributed by atoms with Crippen LogP contribution in [0.5, 0.6) is 5.75 Å². The van der Waals surface area contributed by atoms with E-state index in [0.29, 0.717) is 11.4 Å². The maximum Gasteiger partial charge on any atom is 0.244 e. The number of halogens is 1. The van der Waals surface area contributed by atoms with Gasteiger partial charge in [-0.05, 0) is 30.0 Å². The molecule has 1 rings (SSSR count). The molecule has 0 saturated carbocycles. The molecule has 1 unspecified atom stereocenters. The fourth-order valence-electron chi connectivity index (χ4n) is 1.70. The maximum atomic E-state index is 12.3. The summed E-state index contributed by atoms with van der Waals surface area (Å²) in [4.78, 5) is -0.0113. The number of hydrogen-bond acceptors (Lipinski definition) is 4. The number of aliphatic hydroxyl groups is 1. The van der Waals surface area contributed by atoms with Gasteiger partial charge in [-0.25, -0.2) is 13.1 Å². The second kappa shape index (κ2) is 6.96. The van der Waals surface area contributed by atoms with Crippen molar-refractivity contribution in [2.45, 2.75) is 38.2 Å². The van der Waals surface area contributed by atoms with Gasteiger partial charge in [0.15, 0.2) is 0 Å². The van der Waals surface area contributed by atoms with E-state index in [1.165, 1.54) is 19.2 Å². The van der Waals surface area contributed by atoms with Gasteiger partial charge in [-0.3, -0.25) is 0 Å². The molecule has 0 fully saturated rings. The normalized spacial score (nSPS) is 14.0. The quantitative estimate of drug-likeness (QED) is 0.837. The maximum absolute atomic E-state index is 12.3. The molecular weight excluding hydrogens is 314 g/mol. The third kappa shape index (κ3) is 5.14. The van der Waals surface area contributed by atoms with Crippen molar-refractivity contribution in [1.82, 2.24) is 4.72 Å². The molecule has 0 saturated heterocycles. The summed E-state index contributed by atoms with van der Waals surface area (Å²) in [5.74, 6) is 0.225. The molecule has 7 heteroatoms. The molecule has 5 nitrogen and oxygen atoms in total. The summed E-state index contributed by atoms with van der Waals surface area (Å²) < 4.78 is 32.0. The number of sulfonamides is 1. The minimum atomic E-state index is -3.74. The summed E-state index contributed by atoms with van der Waals surface area (Å²) >= 11 is 5.84. The van der Waals surface area contributed by atoms with Gasteiger partial charge in [-0.15, -0.1) is 0 Å². The number of nitrogens with one attached hydrogen (secondary N) is 1. The SMILES string of the molecule is COc1ccc(Cl)cc1S(=O)(=O)NCCC(O)C(C)(C)C. The van der Waals surface area contributed by atoms with E-state index in [4.69, 9.17) is 16.3 Å². The molecule has 0 aliphatic carbocycles. The summed E-state index contributed by atoms with van der Waals surface area (Å²) in [6, 6.07) is 4.40. The number of ether oxygens (including phenoxy) is 1. The highest BCUT2D eigenvalue weighted by Crippen LogP contribution is 2.27. The van der Waals surface area contributed by atoms with Crippen LogP contribution >= 0.6 is 11.6 Å². The summed E-state index contributed by atoms with van der Waals surface area (Å²) in [5.41, 5.74) is -0.292. The molecule has 0 aromatic heterocycles. The van der Waals surface area contributed by atoms with E-state index in [1.807, 2.05) is 20.8 Å². The van der Waals surface area contributed by atoms with E-state index in [0.717, 1.165) is 0 Å². The van der Waals surface area contributed by atoms with E-state index in [2.05, 4.69) is 4.72 Å². The fourth-order valence-corrected chi connectivity index (χ4v) is 3.18. The van der Waals surface area contributed by atoms with Crippen molar-refractivity contribution in [3.05, 3.63) is 23.2 Å². The molecule has 2 N–H and O–H groups in total. The van der Waals surface area contributed by atoms with Crippen LogP contribution in [0.15, 0.2) is 23.1 Å². The molecule has 1 aromatic rings. The number of hydrogen-bond donors (Lipinski definition) is 2. The van der Waals surface area contributed by atoms with Crippen LogP contribution < -0.4 is 9.46 Å². The Kier molecular flexibility index (Phi) is 6.04. The van der Waals surface area contributed by atoms with E-state index >= 15 is 0 Å². The first-order valence-corrected chi connectivity index (χ1v) is 8.45. The van der Waals surface area contributed by atoms with Crippen LogP contribution in [-0.2, 0) is 10.0 Å². The Morgan fingerprint density at radius 1 is 1.38 bits per heavy atom. The van der Waals surface area contributed by atoms with Gasteiger partial charge in [-0.2, -0.15) is 0 Å². The van der Waals surface area contributed by atoms with Crippen molar-refractivity contribution < 1.29 is 18.3 Å². The third-order valence-corrected chi connectivity index (χ3v) is 4.84. The lowest BCUT2D eigenvalue weighted by Gasteiger charge is -2.25. The van der Waals surface area contributed by atoms with Crippen LogP contribution in [0.1, 0.15) is 27.2 Å². The molecule has 0 spiro atoms. The van der Waals surface area contributed by atoms with Crippen LogP contribution in [0, 0.1) is 5.41 Å². The minimum absolute atomic E-state index is 0.0113. The number of aliphatic hydroxyl groups excluding tert-OH is 1. The first kappa shape index (κ1) is 18.2. The predicted molar refractivity (Wildman–Crippen MR) is 83.3 cm³/mol. The van der Waals surface area contributed by atoms with Crippen LogP contribution in [0.4, 0.5) is 0 Å². The monoisotopic (exact) mass is 335 g/mol. The topological polar surface area (TPSA) is 75.6 Å². The van der Waals surface area contributed by atoms with Gasteiger partial charge in [0, 0.05) is 11.6 Å². The molecule has 1 atom stereocenters. The van der Waals surface area contributed by atoms with E-state index in [9.17, 15) is 13.5 Å². The van der Waals surface area contributed by atoms with Crippen molar-refractivity contribution >= 4 is 21.6 Å². The highest BCUT2D eigenvalue weighted by molar-refractivity contribution is 7.89. The van der Waals surface area contributed by atoms with E-state index < -0.39 is 16.1 Å². The highest BCUT2D eigenvalue weighted by Gasteiger charge is 2.24. The average Bonchev–Trinajstić information content (AvgIpc) is 2.37. The minimum Gasteiger partial charge on any atom is -0.495 e. The van der Waals surface area contributed by atoms with Gasteiger partial charge >= 0.3 is 0 Å². The Hall–Kier alpha value is -0.820. The van der Waals surface area contributed by atoms with Crippen LogP contribution in [0.3, 0.4) is 0 Å². The fraction of sp³-hybridized carbons (Fsp3) is 0.571. The van der Waals surface area contributed by atoms with Gasteiger partial charge < -0.3 is 9.84 Å².